The smallest absolute Gasteiger partial charge is 0.262 e. The topological polar surface area (TPSA) is 44.1 Å². The summed E-state index contributed by atoms with van der Waals surface area (Å²) < 4.78 is 7.46. The fraction of sp³-hybridized carbons (Fsp3) is 0.280. The fourth-order valence-electron chi connectivity index (χ4n) is 3.48. The van der Waals surface area contributed by atoms with Crippen LogP contribution in [0.4, 0.5) is 0 Å². The monoisotopic (exact) mass is 418 g/mol. The van der Waals surface area contributed by atoms with Gasteiger partial charge in [0.05, 0.1) is 18.3 Å². The molecule has 5 heteroatoms. The molecule has 0 unspecified atom stereocenters. The maximum absolute atomic E-state index is 13.1. The highest BCUT2D eigenvalue weighted by Gasteiger charge is 2.13. The molecule has 0 fully saturated rings. The first-order chi connectivity index (χ1) is 14.6. The van der Waals surface area contributed by atoms with Crippen molar-refractivity contribution < 1.29 is 4.74 Å². The van der Waals surface area contributed by atoms with Gasteiger partial charge in [-0.2, -0.15) is 0 Å². The molecule has 4 aromatic rings. The zero-order valence-electron chi connectivity index (χ0n) is 17.4. The number of thiophene rings is 1. The predicted molar refractivity (Wildman–Crippen MR) is 125 cm³/mol. The van der Waals surface area contributed by atoms with Gasteiger partial charge < -0.3 is 4.74 Å². The number of unbranched alkanes of at least 4 members (excludes halogenated alkanes) is 1. The Morgan fingerprint density at radius 3 is 2.53 bits per heavy atom. The summed E-state index contributed by atoms with van der Waals surface area (Å²) in [7, 11) is 0. The largest absolute Gasteiger partial charge is 0.494 e. The maximum Gasteiger partial charge on any atom is 0.262 e. The van der Waals surface area contributed by atoms with Crippen molar-refractivity contribution in [2.45, 2.75) is 39.2 Å². The summed E-state index contributed by atoms with van der Waals surface area (Å²) in [6.45, 7) is 5.65. The Kier molecular flexibility index (Phi) is 6.29. The number of rotatable bonds is 8. The minimum atomic E-state index is 0.0353. The Bertz CT molecular complexity index is 1160. The van der Waals surface area contributed by atoms with Crippen molar-refractivity contribution in [2.24, 2.45) is 0 Å². The molecule has 0 spiro atoms. The first-order valence-electron chi connectivity index (χ1n) is 10.4. The van der Waals surface area contributed by atoms with Crippen LogP contribution in [0.3, 0.4) is 0 Å². The van der Waals surface area contributed by atoms with Crippen LogP contribution in [0.2, 0.25) is 0 Å². The van der Waals surface area contributed by atoms with Crippen LogP contribution in [0.5, 0.6) is 5.75 Å². The van der Waals surface area contributed by atoms with E-state index in [1.807, 2.05) is 35.7 Å². The second kappa shape index (κ2) is 9.26. The lowest BCUT2D eigenvalue weighted by Gasteiger charge is -2.08. The van der Waals surface area contributed by atoms with Gasteiger partial charge in [-0.15, -0.1) is 11.3 Å². The van der Waals surface area contributed by atoms with Gasteiger partial charge in [-0.3, -0.25) is 9.36 Å². The molecule has 0 N–H and O–H groups in total. The lowest BCUT2D eigenvalue weighted by molar-refractivity contribution is 0.303. The van der Waals surface area contributed by atoms with Gasteiger partial charge in [-0.05, 0) is 42.0 Å². The summed E-state index contributed by atoms with van der Waals surface area (Å²) >= 11 is 1.53. The molecule has 0 amide bonds. The van der Waals surface area contributed by atoms with E-state index in [2.05, 4.69) is 43.1 Å². The van der Waals surface area contributed by atoms with Crippen LogP contribution >= 0.6 is 11.3 Å². The van der Waals surface area contributed by atoms with E-state index in [1.54, 1.807) is 10.9 Å². The van der Waals surface area contributed by atoms with E-state index in [9.17, 15) is 4.79 Å². The Labute approximate surface area is 180 Å². The number of nitrogens with zero attached hydrogens (tertiary/aromatic N) is 2. The second-order valence-corrected chi connectivity index (χ2v) is 8.58. The Hall–Kier alpha value is -2.92. The average molecular weight is 419 g/mol. The number of para-hydroxylation sites is 1. The molecule has 0 bridgehead atoms. The molecule has 2 heterocycles. The molecular weight excluding hydrogens is 392 g/mol. The maximum atomic E-state index is 13.1. The van der Waals surface area contributed by atoms with E-state index in [-0.39, 0.29) is 5.56 Å². The van der Waals surface area contributed by atoms with Gasteiger partial charge in [-0.25, -0.2) is 4.98 Å². The van der Waals surface area contributed by atoms with Crippen LogP contribution in [0, 0.1) is 0 Å². The summed E-state index contributed by atoms with van der Waals surface area (Å²) in [6.07, 6.45) is 3.42. The molecule has 0 saturated heterocycles. The summed E-state index contributed by atoms with van der Waals surface area (Å²) in [6, 6.07) is 18.3. The highest BCUT2D eigenvalue weighted by Crippen LogP contribution is 2.31. The Balaban J connectivity index is 1.46. The number of aryl methyl sites for hydroxylation is 1. The molecule has 4 nitrogen and oxygen atoms in total. The zero-order chi connectivity index (χ0) is 20.9. The zero-order valence-corrected chi connectivity index (χ0v) is 18.2. The minimum Gasteiger partial charge on any atom is -0.494 e. The summed E-state index contributed by atoms with van der Waals surface area (Å²) in [4.78, 5) is 18.5. The molecule has 154 valence electrons. The van der Waals surface area contributed by atoms with E-state index in [0.29, 0.717) is 19.1 Å². The third-order valence-electron chi connectivity index (χ3n) is 5.25. The Morgan fingerprint density at radius 1 is 1.03 bits per heavy atom. The molecule has 0 aliphatic carbocycles. The second-order valence-electron chi connectivity index (χ2n) is 7.72. The summed E-state index contributed by atoms with van der Waals surface area (Å²) in [5.74, 6) is 1.37. The van der Waals surface area contributed by atoms with Crippen LogP contribution in [0.25, 0.3) is 21.3 Å². The quantitative estimate of drug-likeness (QED) is 0.324. The van der Waals surface area contributed by atoms with Crippen molar-refractivity contribution in [1.29, 1.82) is 0 Å². The first-order valence-corrected chi connectivity index (χ1v) is 11.3. The summed E-state index contributed by atoms with van der Waals surface area (Å²) in [5.41, 5.74) is 3.38. The fourth-order valence-corrected chi connectivity index (χ4v) is 4.38. The van der Waals surface area contributed by atoms with Crippen molar-refractivity contribution in [3.63, 3.8) is 0 Å². The van der Waals surface area contributed by atoms with Crippen molar-refractivity contribution in [3.05, 3.63) is 82.2 Å². The number of aromatic nitrogens is 2. The highest BCUT2D eigenvalue weighted by molar-refractivity contribution is 7.17. The molecule has 30 heavy (non-hydrogen) atoms. The molecular formula is C25H26N2O2S. The van der Waals surface area contributed by atoms with Crippen molar-refractivity contribution in [1.82, 2.24) is 9.55 Å². The van der Waals surface area contributed by atoms with E-state index in [4.69, 9.17) is 4.74 Å². The third-order valence-corrected chi connectivity index (χ3v) is 6.14. The van der Waals surface area contributed by atoms with Gasteiger partial charge in [0.1, 0.15) is 10.6 Å². The Morgan fingerprint density at radius 2 is 1.80 bits per heavy atom. The van der Waals surface area contributed by atoms with Crippen LogP contribution in [-0.4, -0.2) is 16.2 Å². The van der Waals surface area contributed by atoms with Crippen molar-refractivity contribution in [3.8, 4) is 16.9 Å². The van der Waals surface area contributed by atoms with E-state index in [0.717, 1.165) is 39.9 Å². The van der Waals surface area contributed by atoms with Crippen LogP contribution < -0.4 is 10.3 Å². The number of ether oxygens (including phenoxy) is 1. The van der Waals surface area contributed by atoms with Crippen molar-refractivity contribution in [2.75, 3.05) is 6.61 Å². The van der Waals surface area contributed by atoms with E-state index in [1.165, 1.54) is 16.9 Å². The van der Waals surface area contributed by atoms with Gasteiger partial charge in [0.15, 0.2) is 0 Å². The molecule has 0 saturated carbocycles. The third kappa shape index (κ3) is 4.46. The lowest BCUT2D eigenvalue weighted by Crippen LogP contribution is -2.20. The SMILES string of the molecule is CC(C)c1ccc(-c2csc3ncn(CCCCOc4ccccc4)c(=O)c23)cc1. The molecule has 0 aliphatic rings. The molecule has 0 radical (unpaired) electrons. The molecule has 0 aliphatic heterocycles. The van der Waals surface area contributed by atoms with Crippen molar-refractivity contribution >= 4 is 21.6 Å². The first kappa shape index (κ1) is 20.4. The van der Waals surface area contributed by atoms with Crippen LogP contribution in [0.15, 0.2) is 71.1 Å². The minimum absolute atomic E-state index is 0.0353. The van der Waals surface area contributed by atoms with E-state index >= 15 is 0 Å². The molecule has 0 atom stereocenters. The normalized spacial score (nSPS) is 11.3. The number of hydrogen-bond donors (Lipinski definition) is 0. The number of hydrogen-bond acceptors (Lipinski definition) is 4. The lowest BCUT2D eigenvalue weighted by atomic mass is 9.99. The van der Waals surface area contributed by atoms with Gasteiger partial charge in [0.2, 0.25) is 0 Å². The van der Waals surface area contributed by atoms with E-state index < -0.39 is 0 Å². The van der Waals surface area contributed by atoms with Gasteiger partial charge in [0.25, 0.3) is 5.56 Å². The predicted octanol–water partition coefficient (Wildman–Crippen LogP) is 6.11. The van der Waals surface area contributed by atoms with Gasteiger partial charge in [0, 0.05) is 17.5 Å². The number of benzene rings is 2. The van der Waals surface area contributed by atoms with Crippen LogP contribution in [0.1, 0.15) is 38.2 Å². The van der Waals surface area contributed by atoms with Gasteiger partial charge >= 0.3 is 0 Å². The molecule has 4 rings (SSSR count). The highest BCUT2D eigenvalue weighted by atomic mass is 32.1. The molecule has 2 aromatic carbocycles. The van der Waals surface area contributed by atoms with Gasteiger partial charge in [-0.1, -0.05) is 56.3 Å². The number of fused-ring (bicyclic) bond motifs is 1. The summed E-state index contributed by atoms with van der Waals surface area (Å²) in [5, 5.41) is 2.77. The molecule has 2 aromatic heterocycles. The standard InChI is InChI=1S/C25H26N2O2S/c1-18(2)19-10-12-20(13-11-19)22-16-30-24-23(22)25(28)27(17-26-24)14-6-7-15-29-21-8-4-3-5-9-21/h3-5,8-13,16-18H,6-7,14-15H2,1-2H3. The van der Waals surface area contributed by atoms with Crippen LogP contribution in [-0.2, 0) is 6.54 Å². The average Bonchev–Trinajstić information content (AvgIpc) is 3.21.